The highest BCUT2D eigenvalue weighted by atomic mass is 32.2. The molecule has 25 heavy (non-hydrogen) atoms. The molecular formula is C17H15NO5S2. The summed E-state index contributed by atoms with van der Waals surface area (Å²) in [6, 6.07) is 4.88. The molecular weight excluding hydrogens is 362 g/mol. The van der Waals surface area contributed by atoms with Crippen LogP contribution in [0.15, 0.2) is 41.0 Å². The summed E-state index contributed by atoms with van der Waals surface area (Å²) in [6.45, 7) is 0.292. The summed E-state index contributed by atoms with van der Waals surface area (Å²) in [6.07, 6.45) is 4.19. The molecule has 1 amide bonds. The number of allylic oxidation sites excluding steroid dienone is 2. The van der Waals surface area contributed by atoms with E-state index in [2.05, 4.69) is 0 Å². The molecule has 130 valence electrons. The number of thiocarbonyl (C=S) groups is 1. The number of fused-ring (bicyclic) bond motifs is 1. The van der Waals surface area contributed by atoms with E-state index in [9.17, 15) is 14.7 Å². The Morgan fingerprint density at radius 3 is 3.00 bits per heavy atom. The van der Waals surface area contributed by atoms with E-state index in [1.165, 1.54) is 16.7 Å². The molecule has 3 rings (SSSR count). The number of aromatic hydroxyl groups is 1. The smallest absolute Gasteiger partial charge is 0.303 e. The fourth-order valence-corrected chi connectivity index (χ4v) is 3.88. The highest BCUT2D eigenvalue weighted by Gasteiger charge is 2.32. The lowest BCUT2D eigenvalue weighted by atomic mass is 10.0. The Kier molecular flexibility index (Phi) is 5.10. The van der Waals surface area contributed by atoms with Crippen LogP contribution in [0.2, 0.25) is 0 Å². The zero-order chi connectivity index (χ0) is 18.0. The minimum Gasteiger partial charge on any atom is -0.508 e. The molecule has 1 aromatic carbocycles. The van der Waals surface area contributed by atoms with Gasteiger partial charge in [0.25, 0.3) is 5.91 Å². The van der Waals surface area contributed by atoms with Crippen LogP contribution in [-0.2, 0) is 16.0 Å². The van der Waals surface area contributed by atoms with Crippen molar-refractivity contribution in [3.8, 4) is 11.5 Å². The van der Waals surface area contributed by atoms with E-state index in [-0.39, 0.29) is 18.1 Å². The zero-order valence-electron chi connectivity index (χ0n) is 13.1. The number of aliphatic carboxylic acids is 1. The maximum Gasteiger partial charge on any atom is 0.303 e. The second-order valence-corrected chi connectivity index (χ2v) is 7.29. The average Bonchev–Trinajstić information content (AvgIpc) is 2.81. The molecule has 1 saturated heterocycles. The summed E-state index contributed by atoms with van der Waals surface area (Å²) in [7, 11) is 0. The number of ether oxygens (including phenoxy) is 1. The average molecular weight is 377 g/mol. The van der Waals surface area contributed by atoms with Gasteiger partial charge in [0.1, 0.15) is 15.8 Å². The summed E-state index contributed by atoms with van der Waals surface area (Å²) in [5.74, 6) is -0.278. The highest BCUT2D eigenvalue weighted by Crippen LogP contribution is 2.35. The normalized spacial score (nSPS) is 18.2. The molecule has 8 heteroatoms. The van der Waals surface area contributed by atoms with E-state index in [4.69, 9.17) is 22.1 Å². The molecule has 0 spiro atoms. The van der Waals surface area contributed by atoms with Crippen molar-refractivity contribution in [3.63, 3.8) is 0 Å². The zero-order valence-corrected chi connectivity index (χ0v) is 14.7. The third-order valence-corrected chi connectivity index (χ3v) is 5.12. The monoisotopic (exact) mass is 377 g/mol. The minimum absolute atomic E-state index is 0.00459. The Morgan fingerprint density at radius 1 is 1.44 bits per heavy atom. The lowest BCUT2D eigenvalue weighted by Gasteiger charge is -2.16. The van der Waals surface area contributed by atoms with Gasteiger partial charge in [0.2, 0.25) is 0 Å². The molecule has 0 radical (unpaired) electrons. The van der Waals surface area contributed by atoms with Gasteiger partial charge in [0.05, 0.1) is 11.2 Å². The van der Waals surface area contributed by atoms with Crippen molar-refractivity contribution >= 4 is 40.2 Å². The van der Waals surface area contributed by atoms with Crippen LogP contribution < -0.4 is 4.74 Å². The Bertz CT molecular complexity index is 815. The quantitative estimate of drug-likeness (QED) is 0.603. The molecule has 0 aromatic heterocycles. The number of thioether (sulfide) groups is 1. The maximum atomic E-state index is 12.5. The number of carbonyl (C=O) groups excluding carboxylic acids is 1. The molecule has 0 aliphatic carbocycles. The molecule has 0 atom stereocenters. The van der Waals surface area contributed by atoms with Gasteiger partial charge in [-0.2, -0.15) is 0 Å². The van der Waals surface area contributed by atoms with Crippen LogP contribution in [0.3, 0.4) is 0 Å². The molecule has 2 heterocycles. The van der Waals surface area contributed by atoms with Crippen LogP contribution in [0.25, 0.3) is 0 Å². The first-order valence-electron chi connectivity index (χ1n) is 7.59. The number of nitrogens with zero attached hydrogens (tertiary/aromatic N) is 1. The Morgan fingerprint density at radius 2 is 2.24 bits per heavy atom. The molecule has 2 aliphatic rings. The molecule has 0 saturated carbocycles. The fourth-order valence-electron chi connectivity index (χ4n) is 2.55. The van der Waals surface area contributed by atoms with Gasteiger partial charge in [-0.25, -0.2) is 0 Å². The van der Waals surface area contributed by atoms with Crippen molar-refractivity contribution in [2.45, 2.75) is 19.3 Å². The lowest BCUT2D eigenvalue weighted by Crippen LogP contribution is -2.29. The van der Waals surface area contributed by atoms with Crippen molar-refractivity contribution in [3.05, 3.63) is 46.6 Å². The molecule has 2 N–H and O–H groups in total. The summed E-state index contributed by atoms with van der Waals surface area (Å²) in [4.78, 5) is 25.0. The van der Waals surface area contributed by atoms with Crippen molar-refractivity contribution in [2.75, 3.05) is 6.54 Å². The number of rotatable bonds is 5. The van der Waals surface area contributed by atoms with Gasteiger partial charge >= 0.3 is 5.97 Å². The predicted octanol–water partition coefficient (Wildman–Crippen LogP) is 2.82. The van der Waals surface area contributed by atoms with Gasteiger partial charge in [-0.15, -0.1) is 0 Å². The Labute approximate surface area is 153 Å². The second kappa shape index (κ2) is 7.28. The van der Waals surface area contributed by atoms with E-state index < -0.39 is 5.97 Å². The van der Waals surface area contributed by atoms with Crippen molar-refractivity contribution in [2.24, 2.45) is 0 Å². The first kappa shape index (κ1) is 17.5. The Hall–Kier alpha value is -2.32. The van der Waals surface area contributed by atoms with Crippen molar-refractivity contribution in [1.82, 2.24) is 4.90 Å². The number of amides is 1. The molecule has 0 bridgehead atoms. The van der Waals surface area contributed by atoms with Crippen LogP contribution in [-0.4, -0.2) is 37.9 Å². The Balaban J connectivity index is 1.70. The minimum atomic E-state index is -0.896. The van der Waals surface area contributed by atoms with Gasteiger partial charge in [-0.1, -0.05) is 24.0 Å². The standard InChI is InChI=1S/C17H15NO5S2/c19-12-3-4-13-11(8-12)6-10(9-23-13)7-14-16(22)18(17(24)25-14)5-1-2-15(20)21/h3-4,7-9,19H,1-2,5-6H2,(H,20,21)/b14-7-. The summed E-state index contributed by atoms with van der Waals surface area (Å²) >= 11 is 6.41. The van der Waals surface area contributed by atoms with Crippen molar-refractivity contribution < 1.29 is 24.5 Å². The van der Waals surface area contributed by atoms with Gasteiger partial charge in [-0.05, 0) is 36.3 Å². The first-order valence-corrected chi connectivity index (χ1v) is 8.81. The number of hydrogen-bond acceptors (Lipinski definition) is 6. The number of carboxylic acids is 1. The summed E-state index contributed by atoms with van der Waals surface area (Å²) < 4.78 is 5.96. The number of carbonyl (C=O) groups is 2. The van der Waals surface area contributed by atoms with E-state index in [0.29, 0.717) is 34.4 Å². The van der Waals surface area contributed by atoms with E-state index in [1.807, 2.05) is 0 Å². The molecule has 1 fully saturated rings. The largest absolute Gasteiger partial charge is 0.508 e. The second-order valence-electron chi connectivity index (χ2n) is 5.61. The van der Waals surface area contributed by atoms with Gasteiger partial charge in [0, 0.05) is 24.9 Å². The molecule has 0 unspecified atom stereocenters. The summed E-state index contributed by atoms with van der Waals surface area (Å²) in [5, 5.41) is 18.3. The van der Waals surface area contributed by atoms with E-state index >= 15 is 0 Å². The first-order chi connectivity index (χ1) is 11.9. The maximum absolute atomic E-state index is 12.5. The SMILES string of the molecule is O=C(O)CCCN1C(=O)/C(=C/C2=COc3ccc(O)cc3C2)SC1=S. The van der Waals surface area contributed by atoms with E-state index in [0.717, 1.165) is 11.1 Å². The third-order valence-electron chi connectivity index (χ3n) is 3.74. The third kappa shape index (κ3) is 4.02. The van der Waals surface area contributed by atoms with Crippen LogP contribution in [0.1, 0.15) is 18.4 Å². The van der Waals surface area contributed by atoms with Crippen LogP contribution in [0.5, 0.6) is 11.5 Å². The van der Waals surface area contributed by atoms with Gasteiger partial charge < -0.3 is 14.9 Å². The van der Waals surface area contributed by atoms with E-state index in [1.54, 1.807) is 30.5 Å². The number of phenols is 1. The lowest BCUT2D eigenvalue weighted by molar-refractivity contribution is -0.137. The van der Waals surface area contributed by atoms with Crippen LogP contribution in [0, 0.1) is 0 Å². The summed E-state index contributed by atoms with van der Waals surface area (Å²) in [5.41, 5.74) is 1.63. The number of phenolic OH excluding ortho intramolecular Hbond substituents is 1. The predicted molar refractivity (Wildman–Crippen MR) is 97.4 cm³/mol. The molecule has 1 aromatic rings. The molecule has 6 nitrogen and oxygen atoms in total. The topological polar surface area (TPSA) is 87.1 Å². The number of benzene rings is 1. The van der Waals surface area contributed by atoms with Crippen LogP contribution >= 0.6 is 24.0 Å². The number of carboxylic acid groups (broad SMARTS) is 1. The number of hydrogen-bond donors (Lipinski definition) is 2. The molecule has 2 aliphatic heterocycles. The van der Waals surface area contributed by atoms with Crippen molar-refractivity contribution in [1.29, 1.82) is 0 Å². The van der Waals surface area contributed by atoms with Crippen LogP contribution in [0.4, 0.5) is 0 Å². The van der Waals surface area contributed by atoms with Gasteiger partial charge in [0.15, 0.2) is 0 Å². The fraction of sp³-hybridized carbons (Fsp3) is 0.235. The highest BCUT2D eigenvalue weighted by molar-refractivity contribution is 8.26. The van der Waals surface area contributed by atoms with Gasteiger partial charge in [-0.3, -0.25) is 14.5 Å².